The number of carbonyl (C=O) groups excluding carboxylic acids is 2. The Morgan fingerprint density at radius 3 is 2.07 bits per heavy atom. The average Bonchev–Trinajstić information content (AvgIpc) is 2.64. The average molecular weight is 390 g/mol. The van der Waals surface area contributed by atoms with Crippen molar-refractivity contribution in [1.82, 2.24) is 10.6 Å². The first-order valence-electron chi connectivity index (χ1n) is 11.8. The van der Waals surface area contributed by atoms with Crippen molar-refractivity contribution in [2.75, 3.05) is 0 Å². The molecule has 0 aromatic carbocycles. The molecule has 28 heavy (non-hydrogen) atoms. The minimum Gasteiger partial charge on any atom is -0.369 e. The van der Waals surface area contributed by atoms with Crippen molar-refractivity contribution < 1.29 is 9.59 Å². The van der Waals surface area contributed by atoms with E-state index in [-0.39, 0.29) is 28.9 Å². The van der Waals surface area contributed by atoms with Gasteiger partial charge >= 0.3 is 6.03 Å². The molecule has 1 unspecified atom stereocenters. The van der Waals surface area contributed by atoms with Crippen molar-refractivity contribution in [1.29, 1.82) is 0 Å². The highest BCUT2D eigenvalue weighted by molar-refractivity contribution is 5.81. The van der Waals surface area contributed by atoms with Gasteiger partial charge in [0.15, 0.2) is 0 Å². The molecule has 5 heteroatoms. The third-order valence-corrected chi connectivity index (χ3v) is 8.55. The van der Waals surface area contributed by atoms with E-state index in [2.05, 4.69) is 17.6 Å². The number of hydrogen-bond donors (Lipinski definition) is 3. The quantitative estimate of drug-likeness (QED) is 0.608. The normalized spacial score (nSPS) is 36.7. The molecule has 3 amide bonds. The molecule has 0 heterocycles. The maximum atomic E-state index is 12.8. The Bertz CT molecular complexity index is 561. The predicted molar refractivity (Wildman–Crippen MR) is 111 cm³/mol. The number of carbonyl (C=O) groups is 2. The summed E-state index contributed by atoms with van der Waals surface area (Å²) in [5.41, 5.74) is 5.50. The van der Waals surface area contributed by atoms with Gasteiger partial charge in [0.05, 0.1) is 0 Å². The number of nitrogens with one attached hydrogen (secondary N) is 2. The Kier molecular flexibility index (Phi) is 5.63. The van der Waals surface area contributed by atoms with Crippen LogP contribution in [0.5, 0.6) is 0 Å². The highest BCUT2D eigenvalue weighted by Crippen LogP contribution is 2.55. The molecule has 0 spiro atoms. The van der Waals surface area contributed by atoms with Crippen molar-refractivity contribution in [2.24, 2.45) is 28.9 Å². The summed E-state index contributed by atoms with van der Waals surface area (Å²) in [7, 11) is 0. The van der Waals surface area contributed by atoms with E-state index in [0.29, 0.717) is 0 Å². The van der Waals surface area contributed by atoms with Gasteiger partial charge in [-0.2, -0.15) is 0 Å². The fourth-order valence-electron chi connectivity index (χ4n) is 7.40. The number of urea groups is 1. The molecule has 1 atom stereocenters. The van der Waals surface area contributed by atoms with Crippen LogP contribution in [0.25, 0.3) is 0 Å². The van der Waals surface area contributed by atoms with E-state index in [9.17, 15) is 9.59 Å². The summed E-state index contributed by atoms with van der Waals surface area (Å²) >= 11 is 0. The zero-order chi connectivity index (χ0) is 19.8. The maximum absolute atomic E-state index is 12.8. The minimum atomic E-state index is -0.343. The van der Waals surface area contributed by atoms with Crippen LogP contribution in [0, 0.1) is 23.2 Å². The largest absolute Gasteiger partial charge is 0.369 e. The SMILES string of the molecule is CCC(CCC1(C(N)=O)CCCCC1)NC(=O)NC12CC3CC(CC(C3)C1)C2. The lowest BCUT2D eigenvalue weighted by Crippen LogP contribution is -2.62. The van der Waals surface area contributed by atoms with Crippen molar-refractivity contribution in [3.63, 3.8) is 0 Å². The molecule has 5 aliphatic rings. The zero-order valence-corrected chi connectivity index (χ0v) is 17.6. The first-order valence-corrected chi connectivity index (χ1v) is 11.8. The van der Waals surface area contributed by atoms with Gasteiger partial charge in [0, 0.05) is 17.0 Å². The second-order valence-corrected chi connectivity index (χ2v) is 10.6. The van der Waals surface area contributed by atoms with E-state index in [4.69, 9.17) is 5.73 Å². The molecule has 5 nitrogen and oxygen atoms in total. The van der Waals surface area contributed by atoms with Crippen molar-refractivity contribution in [2.45, 2.75) is 108 Å². The lowest BCUT2D eigenvalue weighted by Gasteiger charge is -2.56. The van der Waals surface area contributed by atoms with Gasteiger partial charge in [0.2, 0.25) is 5.91 Å². The standard InChI is InChI=1S/C23H39N3O2/c1-2-19(6-9-22(20(24)27)7-4-3-5-8-22)25-21(28)26-23-13-16-10-17(14-23)12-18(11-16)15-23/h16-19H,2-15H2,1H3,(H2,24,27)(H2,25,26,28). The smallest absolute Gasteiger partial charge is 0.315 e. The Balaban J connectivity index is 1.31. The molecule has 4 bridgehead atoms. The highest BCUT2D eigenvalue weighted by atomic mass is 16.2. The molecule has 5 rings (SSSR count). The molecular formula is C23H39N3O2. The van der Waals surface area contributed by atoms with Crippen molar-refractivity contribution >= 4 is 11.9 Å². The number of primary amides is 1. The predicted octanol–water partition coefficient (Wildman–Crippen LogP) is 4.25. The van der Waals surface area contributed by atoms with Crippen molar-refractivity contribution in [3.05, 3.63) is 0 Å². The number of hydrogen-bond acceptors (Lipinski definition) is 2. The summed E-state index contributed by atoms with van der Waals surface area (Å²) < 4.78 is 0. The fourth-order valence-corrected chi connectivity index (χ4v) is 7.40. The van der Waals surface area contributed by atoms with E-state index in [1.54, 1.807) is 0 Å². The molecule has 158 valence electrons. The van der Waals surface area contributed by atoms with Gasteiger partial charge < -0.3 is 16.4 Å². The number of amides is 3. The van der Waals surface area contributed by atoms with Crippen LogP contribution in [0.2, 0.25) is 0 Å². The van der Waals surface area contributed by atoms with Crippen LogP contribution in [0.15, 0.2) is 0 Å². The maximum Gasteiger partial charge on any atom is 0.315 e. The monoisotopic (exact) mass is 389 g/mol. The van der Waals surface area contributed by atoms with E-state index in [1.807, 2.05) is 0 Å². The Morgan fingerprint density at radius 1 is 1.00 bits per heavy atom. The Morgan fingerprint density at radius 2 is 1.57 bits per heavy atom. The van der Waals surface area contributed by atoms with Crippen LogP contribution in [0.4, 0.5) is 4.79 Å². The molecule has 0 aromatic rings. The topological polar surface area (TPSA) is 84.2 Å². The summed E-state index contributed by atoms with van der Waals surface area (Å²) in [6.45, 7) is 2.12. The highest BCUT2D eigenvalue weighted by Gasteiger charge is 2.51. The van der Waals surface area contributed by atoms with Crippen LogP contribution < -0.4 is 16.4 Å². The third kappa shape index (κ3) is 4.04. The third-order valence-electron chi connectivity index (χ3n) is 8.55. The summed E-state index contributed by atoms with van der Waals surface area (Å²) in [4.78, 5) is 25.0. The van der Waals surface area contributed by atoms with Crippen LogP contribution in [0.3, 0.4) is 0 Å². The Hall–Kier alpha value is -1.26. The van der Waals surface area contributed by atoms with Crippen molar-refractivity contribution in [3.8, 4) is 0 Å². The molecule has 4 N–H and O–H groups in total. The molecule has 0 aliphatic heterocycles. The van der Waals surface area contributed by atoms with E-state index >= 15 is 0 Å². The molecule has 5 aliphatic carbocycles. The van der Waals surface area contributed by atoms with Crippen LogP contribution in [-0.4, -0.2) is 23.5 Å². The fraction of sp³-hybridized carbons (Fsp3) is 0.913. The molecule has 5 saturated carbocycles. The van der Waals surface area contributed by atoms with Gasteiger partial charge in [-0.15, -0.1) is 0 Å². The Labute approximate surface area is 170 Å². The molecule has 0 aromatic heterocycles. The summed E-state index contributed by atoms with van der Waals surface area (Å²) in [5, 5.41) is 6.65. The minimum absolute atomic E-state index is 0.00516. The molecule has 0 saturated heterocycles. The van der Waals surface area contributed by atoms with Gasteiger partial charge in [-0.05, 0) is 88.4 Å². The second-order valence-electron chi connectivity index (χ2n) is 10.6. The first-order chi connectivity index (χ1) is 13.4. The van der Waals surface area contributed by atoms with Gasteiger partial charge in [-0.3, -0.25) is 4.79 Å². The van der Waals surface area contributed by atoms with E-state index in [1.165, 1.54) is 44.9 Å². The second kappa shape index (κ2) is 7.87. The summed E-state index contributed by atoms with van der Waals surface area (Å²) in [5.74, 6) is 2.35. The number of rotatable bonds is 7. The van der Waals surface area contributed by atoms with Gasteiger partial charge in [0.1, 0.15) is 0 Å². The summed E-state index contributed by atoms with van der Waals surface area (Å²) in [6.07, 6.45) is 15.4. The molecule has 5 fully saturated rings. The lowest BCUT2D eigenvalue weighted by atomic mass is 9.53. The van der Waals surface area contributed by atoms with Crippen LogP contribution in [0.1, 0.15) is 96.8 Å². The van der Waals surface area contributed by atoms with Gasteiger partial charge in [-0.25, -0.2) is 4.79 Å². The van der Waals surface area contributed by atoms with Gasteiger partial charge in [-0.1, -0.05) is 26.2 Å². The summed E-state index contributed by atoms with van der Waals surface area (Å²) in [6, 6.07) is 0.123. The van der Waals surface area contributed by atoms with Gasteiger partial charge in [0.25, 0.3) is 0 Å². The van der Waals surface area contributed by atoms with Crippen LogP contribution in [-0.2, 0) is 4.79 Å². The van der Waals surface area contributed by atoms with E-state index < -0.39 is 0 Å². The molecule has 0 radical (unpaired) electrons. The zero-order valence-electron chi connectivity index (χ0n) is 17.6. The molecular weight excluding hydrogens is 350 g/mol. The van der Waals surface area contributed by atoms with E-state index in [0.717, 1.165) is 62.7 Å². The van der Waals surface area contributed by atoms with Crippen LogP contribution >= 0.6 is 0 Å². The number of nitrogens with two attached hydrogens (primary N) is 1. The first kappa shape index (κ1) is 20.0. The lowest BCUT2D eigenvalue weighted by molar-refractivity contribution is -0.130.